The molecule has 0 bridgehead atoms. The van der Waals surface area contributed by atoms with Crippen LogP contribution < -0.4 is 0 Å². The lowest BCUT2D eigenvalue weighted by molar-refractivity contribution is -0.143. The summed E-state index contributed by atoms with van der Waals surface area (Å²) in [6.07, 6.45) is 3.16. The molecular weight excluding hydrogens is 156 g/mol. The zero-order chi connectivity index (χ0) is 8.72. The number of aliphatic hydroxyl groups is 1. The first-order chi connectivity index (χ1) is 5.70. The van der Waals surface area contributed by atoms with Gasteiger partial charge in [-0.25, -0.2) is 0 Å². The van der Waals surface area contributed by atoms with Crippen molar-refractivity contribution in [3.63, 3.8) is 0 Å². The smallest absolute Gasteiger partial charge is 0.306 e. The number of fused-ring (bicyclic) bond motifs is 1. The van der Waals surface area contributed by atoms with Crippen LogP contribution in [0, 0.1) is 17.8 Å². The minimum Gasteiger partial charge on any atom is -0.481 e. The third-order valence-corrected chi connectivity index (χ3v) is 3.48. The Kier molecular flexibility index (Phi) is 1.83. The quantitative estimate of drug-likeness (QED) is 0.614. The van der Waals surface area contributed by atoms with Gasteiger partial charge in [0.25, 0.3) is 0 Å². The fourth-order valence-corrected chi connectivity index (χ4v) is 2.88. The normalized spacial score (nSPS) is 46.1. The number of aliphatic hydroxyl groups excluding tert-OH is 1. The number of rotatable bonds is 1. The summed E-state index contributed by atoms with van der Waals surface area (Å²) >= 11 is 0. The van der Waals surface area contributed by atoms with Gasteiger partial charge < -0.3 is 10.2 Å². The summed E-state index contributed by atoms with van der Waals surface area (Å²) in [4.78, 5) is 10.8. The predicted octanol–water partition coefficient (Wildman–Crippen LogP) is 0.868. The number of hydrogen-bond acceptors (Lipinski definition) is 2. The average Bonchev–Trinajstić information content (AvgIpc) is 2.53. The van der Waals surface area contributed by atoms with E-state index in [-0.39, 0.29) is 23.9 Å². The van der Waals surface area contributed by atoms with E-state index in [1.165, 1.54) is 0 Å². The third kappa shape index (κ3) is 1.04. The zero-order valence-corrected chi connectivity index (χ0v) is 6.94. The van der Waals surface area contributed by atoms with Gasteiger partial charge in [0.05, 0.1) is 12.0 Å². The molecule has 2 saturated carbocycles. The van der Waals surface area contributed by atoms with Crippen LogP contribution in [0.3, 0.4) is 0 Å². The fourth-order valence-electron chi connectivity index (χ4n) is 2.88. The predicted molar refractivity (Wildman–Crippen MR) is 42.6 cm³/mol. The Morgan fingerprint density at radius 1 is 1.08 bits per heavy atom. The van der Waals surface area contributed by atoms with Gasteiger partial charge in [-0.2, -0.15) is 0 Å². The lowest BCUT2D eigenvalue weighted by Gasteiger charge is -2.14. The van der Waals surface area contributed by atoms with Crippen LogP contribution in [-0.2, 0) is 4.79 Å². The molecule has 0 spiro atoms. The van der Waals surface area contributed by atoms with Gasteiger partial charge >= 0.3 is 5.97 Å². The van der Waals surface area contributed by atoms with E-state index in [1.54, 1.807) is 0 Å². The molecule has 0 aromatic rings. The van der Waals surface area contributed by atoms with Crippen molar-refractivity contribution in [2.45, 2.75) is 31.8 Å². The van der Waals surface area contributed by atoms with Crippen LogP contribution in [0.1, 0.15) is 25.7 Å². The summed E-state index contributed by atoms with van der Waals surface area (Å²) in [6, 6.07) is 0. The van der Waals surface area contributed by atoms with Crippen molar-refractivity contribution in [3.8, 4) is 0 Å². The Labute approximate surface area is 71.4 Å². The molecule has 12 heavy (non-hydrogen) atoms. The average molecular weight is 170 g/mol. The van der Waals surface area contributed by atoms with Crippen molar-refractivity contribution in [2.24, 2.45) is 17.8 Å². The van der Waals surface area contributed by atoms with Crippen LogP contribution in [0.4, 0.5) is 0 Å². The van der Waals surface area contributed by atoms with Crippen molar-refractivity contribution in [1.82, 2.24) is 0 Å². The van der Waals surface area contributed by atoms with E-state index in [4.69, 9.17) is 5.11 Å². The molecule has 4 atom stereocenters. The van der Waals surface area contributed by atoms with E-state index in [0.717, 1.165) is 25.7 Å². The Hall–Kier alpha value is -0.570. The van der Waals surface area contributed by atoms with Crippen LogP contribution in [0.2, 0.25) is 0 Å². The molecule has 2 N–H and O–H groups in total. The first kappa shape index (κ1) is 8.05. The van der Waals surface area contributed by atoms with Crippen LogP contribution in [-0.4, -0.2) is 22.3 Å². The molecule has 2 rings (SSSR count). The van der Waals surface area contributed by atoms with E-state index in [2.05, 4.69) is 0 Å². The molecule has 0 radical (unpaired) electrons. The Balaban J connectivity index is 2.10. The molecular formula is C9H14O3. The van der Waals surface area contributed by atoms with Gasteiger partial charge in [-0.1, -0.05) is 0 Å². The number of aliphatic carboxylic acids is 1. The standard InChI is InChI=1S/C9H14O3/c10-8-4-3-5-6(8)1-2-7(5)9(11)12/h5-8,10H,1-4H2,(H,11,12). The van der Waals surface area contributed by atoms with E-state index in [9.17, 15) is 9.90 Å². The molecule has 0 saturated heterocycles. The highest BCUT2D eigenvalue weighted by molar-refractivity contribution is 5.70. The highest BCUT2D eigenvalue weighted by Gasteiger charge is 2.46. The lowest BCUT2D eigenvalue weighted by atomic mass is 9.92. The van der Waals surface area contributed by atoms with E-state index >= 15 is 0 Å². The van der Waals surface area contributed by atoms with Gasteiger partial charge in [0.15, 0.2) is 0 Å². The number of carbonyl (C=O) groups is 1. The van der Waals surface area contributed by atoms with Crippen molar-refractivity contribution in [3.05, 3.63) is 0 Å². The topological polar surface area (TPSA) is 57.5 Å². The molecule has 0 heterocycles. The number of carboxylic acids is 1. The van der Waals surface area contributed by atoms with E-state index < -0.39 is 5.97 Å². The van der Waals surface area contributed by atoms with Gasteiger partial charge in [-0.05, 0) is 37.5 Å². The highest BCUT2D eigenvalue weighted by Crippen LogP contribution is 2.47. The molecule has 3 nitrogen and oxygen atoms in total. The van der Waals surface area contributed by atoms with Gasteiger partial charge in [0, 0.05) is 0 Å². The van der Waals surface area contributed by atoms with E-state index in [1.807, 2.05) is 0 Å². The molecule has 0 aliphatic heterocycles. The summed E-state index contributed by atoms with van der Waals surface area (Å²) in [7, 11) is 0. The molecule has 68 valence electrons. The summed E-state index contributed by atoms with van der Waals surface area (Å²) < 4.78 is 0. The van der Waals surface area contributed by atoms with Gasteiger partial charge in [0.2, 0.25) is 0 Å². The molecule has 4 unspecified atom stereocenters. The molecule has 0 amide bonds. The van der Waals surface area contributed by atoms with Crippen LogP contribution in [0.25, 0.3) is 0 Å². The van der Waals surface area contributed by atoms with Crippen molar-refractivity contribution >= 4 is 5.97 Å². The fraction of sp³-hybridized carbons (Fsp3) is 0.889. The highest BCUT2D eigenvalue weighted by atomic mass is 16.4. The van der Waals surface area contributed by atoms with Crippen LogP contribution in [0.15, 0.2) is 0 Å². The Morgan fingerprint density at radius 2 is 1.75 bits per heavy atom. The van der Waals surface area contributed by atoms with E-state index in [0.29, 0.717) is 0 Å². The summed E-state index contributed by atoms with van der Waals surface area (Å²) in [5.41, 5.74) is 0. The van der Waals surface area contributed by atoms with Crippen LogP contribution >= 0.6 is 0 Å². The maximum Gasteiger partial charge on any atom is 0.306 e. The second kappa shape index (κ2) is 2.73. The molecule has 0 aromatic heterocycles. The second-order valence-electron chi connectivity index (χ2n) is 3.99. The van der Waals surface area contributed by atoms with Crippen LogP contribution in [0.5, 0.6) is 0 Å². The summed E-state index contributed by atoms with van der Waals surface area (Å²) in [6.45, 7) is 0. The maximum atomic E-state index is 10.8. The van der Waals surface area contributed by atoms with Crippen molar-refractivity contribution < 1.29 is 15.0 Å². The number of hydrogen-bond donors (Lipinski definition) is 2. The van der Waals surface area contributed by atoms with Gasteiger partial charge in [-0.3, -0.25) is 4.79 Å². The molecule has 3 heteroatoms. The van der Waals surface area contributed by atoms with Gasteiger partial charge in [-0.15, -0.1) is 0 Å². The monoisotopic (exact) mass is 170 g/mol. The summed E-state index contributed by atoms with van der Waals surface area (Å²) in [5, 5.41) is 18.4. The second-order valence-corrected chi connectivity index (χ2v) is 3.99. The SMILES string of the molecule is O=C(O)C1CCC2C(O)CCC12. The van der Waals surface area contributed by atoms with Gasteiger partial charge in [0.1, 0.15) is 0 Å². The molecule has 2 aliphatic rings. The third-order valence-electron chi connectivity index (χ3n) is 3.48. The minimum absolute atomic E-state index is 0.174. The largest absolute Gasteiger partial charge is 0.481 e. The first-order valence-corrected chi connectivity index (χ1v) is 4.61. The molecule has 0 aromatic carbocycles. The van der Waals surface area contributed by atoms with Crippen molar-refractivity contribution in [2.75, 3.05) is 0 Å². The Bertz CT molecular complexity index is 202. The zero-order valence-electron chi connectivity index (χ0n) is 6.94. The molecule has 2 fully saturated rings. The first-order valence-electron chi connectivity index (χ1n) is 4.61. The maximum absolute atomic E-state index is 10.8. The lowest BCUT2D eigenvalue weighted by Crippen LogP contribution is -2.21. The Morgan fingerprint density at radius 3 is 2.42 bits per heavy atom. The minimum atomic E-state index is -0.670. The number of carboxylic acid groups (broad SMARTS) is 1. The molecule has 2 aliphatic carbocycles. The van der Waals surface area contributed by atoms with Crippen molar-refractivity contribution in [1.29, 1.82) is 0 Å². The summed E-state index contributed by atoms with van der Waals surface area (Å²) in [5.74, 6) is -0.299.